The maximum Gasteiger partial charge on any atom is 0.327 e. The number of thioether (sulfide) groups is 1. The van der Waals surface area contributed by atoms with E-state index < -0.39 is 11.2 Å². The number of para-hydroxylation sites is 1. The molecule has 1 atom stereocenters. The predicted octanol–water partition coefficient (Wildman–Crippen LogP) is 4.05. The zero-order chi connectivity index (χ0) is 24.2. The summed E-state index contributed by atoms with van der Waals surface area (Å²) in [7, 11) is 3.13. The highest BCUT2D eigenvalue weighted by Gasteiger charge is 2.31. The van der Waals surface area contributed by atoms with Gasteiger partial charge < -0.3 is 19.2 Å². The average molecular weight is 481 g/mol. The van der Waals surface area contributed by atoms with Crippen molar-refractivity contribution in [1.82, 2.24) is 19.7 Å². The third-order valence-electron chi connectivity index (χ3n) is 5.18. The Morgan fingerprint density at radius 3 is 2.62 bits per heavy atom. The first kappa shape index (κ1) is 23.4. The van der Waals surface area contributed by atoms with Gasteiger partial charge in [0.1, 0.15) is 11.5 Å². The van der Waals surface area contributed by atoms with Crippen LogP contribution in [0.1, 0.15) is 13.8 Å². The Labute approximate surface area is 200 Å². The summed E-state index contributed by atoms with van der Waals surface area (Å²) in [6, 6.07) is 13.2. The molecule has 0 saturated heterocycles. The summed E-state index contributed by atoms with van der Waals surface area (Å²) in [6.45, 7) is 3.21. The molecular formula is C24H24N4O5S. The van der Waals surface area contributed by atoms with Crippen LogP contribution in [0.15, 0.2) is 53.8 Å². The van der Waals surface area contributed by atoms with Crippen molar-refractivity contribution >= 4 is 34.4 Å². The summed E-state index contributed by atoms with van der Waals surface area (Å²) in [5.41, 5.74) is 2.34. The smallest absolute Gasteiger partial charge is 0.327 e. The van der Waals surface area contributed by atoms with E-state index in [1.54, 1.807) is 43.9 Å². The largest absolute Gasteiger partial charge is 0.497 e. The molecule has 0 fully saturated rings. The lowest BCUT2D eigenvalue weighted by Crippen LogP contribution is -2.27. The van der Waals surface area contributed by atoms with Gasteiger partial charge in [0.05, 0.1) is 26.5 Å². The lowest BCUT2D eigenvalue weighted by atomic mass is 10.1. The van der Waals surface area contributed by atoms with Gasteiger partial charge in [-0.1, -0.05) is 30.0 Å². The molecule has 4 aromatic rings. The number of aromatic nitrogens is 4. The lowest BCUT2D eigenvalue weighted by Gasteiger charge is -2.16. The van der Waals surface area contributed by atoms with Gasteiger partial charge in [0.15, 0.2) is 22.0 Å². The second-order valence-corrected chi connectivity index (χ2v) is 8.36. The number of esters is 1. The Morgan fingerprint density at radius 2 is 1.91 bits per heavy atom. The molecule has 0 aliphatic carbocycles. The Morgan fingerprint density at radius 1 is 1.12 bits per heavy atom. The minimum Gasteiger partial charge on any atom is -0.497 e. The molecule has 0 spiro atoms. The van der Waals surface area contributed by atoms with Crippen LogP contribution in [0.4, 0.5) is 0 Å². The third-order valence-corrected chi connectivity index (χ3v) is 6.42. The van der Waals surface area contributed by atoms with Crippen LogP contribution >= 0.6 is 11.8 Å². The summed E-state index contributed by atoms with van der Waals surface area (Å²) in [5.74, 6) is 0.681. The molecule has 2 aromatic heterocycles. The van der Waals surface area contributed by atoms with E-state index >= 15 is 0 Å². The molecule has 0 amide bonds. The van der Waals surface area contributed by atoms with Crippen LogP contribution in [0.25, 0.3) is 28.0 Å². The number of methoxy groups -OCH3 is 2. The molecule has 0 saturated carbocycles. The highest BCUT2D eigenvalue weighted by Crippen LogP contribution is 2.38. The predicted molar refractivity (Wildman–Crippen MR) is 129 cm³/mol. The molecule has 0 radical (unpaired) electrons. The van der Waals surface area contributed by atoms with E-state index in [0.29, 0.717) is 28.2 Å². The fraction of sp³-hybridized carbons (Fsp3) is 0.250. The summed E-state index contributed by atoms with van der Waals surface area (Å²) < 4.78 is 17.9. The summed E-state index contributed by atoms with van der Waals surface area (Å²) in [6.07, 6.45) is 1.85. The van der Waals surface area contributed by atoms with Crippen molar-refractivity contribution in [2.45, 2.75) is 24.3 Å². The molecule has 0 bridgehead atoms. The van der Waals surface area contributed by atoms with E-state index in [-0.39, 0.29) is 12.4 Å². The number of ether oxygens (including phenoxy) is 3. The molecule has 2 aromatic carbocycles. The molecule has 4 rings (SSSR count). The van der Waals surface area contributed by atoms with E-state index in [4.69, 9.17) is 14.2 Å². The summed E-state index contributed by atoms with van der Waals surface area (Å²) in [4.78, 5) is 28.1. The number of ketones is 1. The van der Waals surface area contributed by atoms with Crippen molar-refractivity contribution in [3.05, 3.63) is 48.7 Å². The van der Waals surface area contributed by atoms with Crippen LogP contribution in [0.3, 0.4) is 0 Å². The van der Waals surface area contributed by atoms with E-state index in [9.17, 15) is 9.59 Å². The zero-order valence-electron chi connectivity index (χ0n) is 19.2. The second kappa shape index (κ2) is 10.0. The molecule has 176 valence electrons. The number of carbonyl (C=O) groups is 2. The average Bonchev–Trinajstić information content (AvgIpc) is 3.45. The highest BCUT2D eigenvalue weighted by atomic mass is 32.2. The van der Waals surface area contributed by atoms with Crippen molar-refractivity contribution < 1.29 is 23.8 Å². The highest BCUT2D eigenvalue weighted by molar-refractivity contribution is 8.01. The standard InChI is InChI=1S/C24H24N4O5S/c1-5-33-23(30)21(14(2)29)34-24-27-26-22(17-13-25-18-9-7-6-8-16(17)18)28(24)19-12-15(31-3)10-11-20(19)32-4/h6-13,21,25H,5H2,1-4H3. The van der Waals surface area contributed by atoms with Crippen LogP contribution in [0.5, 0.6) is 11.5 Å². The molecule has 10 heteroatoms. The lowest BCUT2D eigenvalue weighted by molar-refractivity contribution is -0.144. The Bertz CT molecular complexity index is 1350. The first-order chi connectivity index (χ1) is 16.5. The SMILES string of the molecule is CCOC(=O)C(Sc1nnc(-c2c[nH]c3ccccc23)n1-c1cc(OC)ccc1OC)C(C)=O. The number of nitrogens with zero attached hydrogens (tertiary/aromatic N) is 3. The second-order valence-electron chi connectivity index (χ2n) is 7.29. The van der Waals surface area contributed by atoms with E-state index in [2.05, 4.69) is 15.2 Å². The van der Waals surface area contributed by atoms with Gasteiger partial charge in [-0.25, -0.2) is 0 Å². The number of benzene rings is 2. The minimum absolute atomic E-state index is 0.167. The van der Waals surface area contributed by atoms with Gasteiger partial charge >= 0.3 is 5.97 Å². The van der Waals surface area contributed by atoms with Crippen molar-refractivity contribution in [3.63, 3.8) is 0 Å². The number of hydrogen-bond donors (Lipinski definition) is 1. The monoisotopic (exact) mass is 480 g/mol. The maximum absolute atomic E-state index is 12.5. The van der Waals surface area contributed by atoms with Crippen molar-refractivity contribution in [2.75, 3.05) is 20.8 Å². The van der Waals surface area contributed by atoms with Gasteiger partial charge in [0, 0.05) is 28.7 Å². The van der Waals surface area contributed by atoms with Crippen molar-refractivity contribution in [3.8, 4) is 28.6 Å². The number of nitrogens with one attached hydrogen (secondary N) is 1. The van der Waals surface area contributed by atoms with Crippen LogP contribution in [0, 0.1) is 0 Å². The molecule has 0 aliphatic rings. The first-order valence-corrected chi connectivity index (χ1v) is 11.4. The first-order valence-electron chi connectivity index (χ1n) is 10.6. The normalized spacial score (nSPS) is 11.9. The van der Waals surface area contributed by atoms with Gasteiger partial charge in [0.2, 0.25) is 0 Å². The van der Waals surface area contributed by atoms with Gasteiger partial charge in [-0.15, -0.1) is 10.2 Å². The van der Waals surface area contributed by atoms with Crippen molar-refractivity contribution in [1.29, 1.82) is 0 Å². The number of H-pyrrole nitrogens is 1. The fourth-order valence-electron chi connectivity index (χ4n) is 3.59. The Balaban J connectivity index is 1.94. The van der Waals surface area contributed by atoms with Gasteiger partial charge in [-0.2, -0.15) is 0 Å². The number of hydrogen-bond acceptors (Lipinski definition) is 8. The number of carbonyl (C=O) groups excluding carboxylic acids is 2. The number of Topliss-reactive ketones (excluding diaryl/α,β-unsaturated/α-hetero) is 1. The van der Waals surface area contributed by atoms with Crippen molar-refractivity contribution in [2.24, 2.45) is 0 Å². The zero-order valence-corrected chi connectivity index (χ0v) is 20.0. The van der Waals surface area contributed by atoms with E-state index in [1.807, 2.05) is 30.5 Å². The summed E-state index contributed by atoms with van der Waals surface area (Å²) >= 11 is 0.981. The minimum atomic E-state index is -1.09. The Kier molecular flexibility index (Phi) is 6.87. The maximum atomic E-state index is 12.5. The molecule has 34 heavy (non-hydrogen) atoms. The van der Waals surface area contributed by atoms with E-state index in [1.165, 1.54) is 6.92 Å². The van der Waals surface area contributed by atoms with Gasteiger partial charge in [-0.05, 0) is 32.0 Å². The molecule has 1 N–H and O–H groups in total. The fourth-order valence-corrected chi connectivity index (χ4v) is 4.51. The molecule has 0 aliphatic heterocycles. The van der Waals surface area contributed by atoms with Crippen LogP contribution < -0.4 is 9.47 Å². The molecular weight excluding hydrogens is 456 g/mol. The Hall–Kier alpha value is -3.79. The third kappa shape index (κ3) is 4.36. The molecule has 9 nitrogen and oxygen atoms in total. The molecule has 2 heterocycles. The van der Waals surface area contributed by atoms with Crippen LogP contribution in [0.2, 0.25) is 0 Å². The van der Waals surface area contributed by atoms with Gasteiger partial charge in [0.25, 0.3) is 0 Å². The van der Waals surface area contributed by atoms with Crippen LogP contribution in [-0.4, -0.2) is 57.6 Å². The van der Waals surface area contributed by atoms with Gasteiger partial charge in [-0.3, -0.25) is 14.2 Å². The molecule has 1 unspecified atom stereocenters. The number of rotatable bonds is 9. The quantitative estimate of drug-likeness (QED) is 0.217. The number of fused-ring (bicyclic) bond motifs is 1. The number of aromatic amines is 1. The summed E-state index contributed by atoms with van der Waals surface area (Å²) in [5, 5.41) is 9.00. The van der Waals surface area contributed by atoms with E-state index in [0.717, 1.165) is 28.2 Å². The van der Waals surface area contributed by atoms with Crippen LogP contribution in [-0.2, 0) is 14.3 Å². The topological polar surface area (TPSA) is 108 Å².